The lowest BCUT2D eigenvalue weighted by Gasteiger charge is -2.07. The highest BCUT2D eigenvalue weighted by atomic mass is 79.9. The summed E-state index contributed by atoms with van der Waals surface area (Å²) in [5, 5.41) is 3.45. The van der Waals surface area contributed by atoms with E-state index in [9.17, 15) is 13.2 Å². The molecule has 1 heterocycles. The quantitative estimate of drug-likeness (QED) is 0.634. The van der Waals surface area contributed by atoms with E-state index >= 15 is 0 Å². The minimum absolute atomic E-state index is 0.127. The van der Waals surface area contributed by atoms with Crippen LogP contribution in [0.1, 0.15) is 16.8 Å². The van der Waals surface area contributed by atoms with Crippen molar-refractivity contribution in [3.8, 4) is 5.69 Å². The second-order valence-corrected chi connectivity index (χ2v) is 5.63. The van der Waals surface area contributed by atoms with Crippen LogP contribution in [0.15, 0.2) is 22.7 Å². The highest BCUT2D eigenvalue weighted by Crippen LogP contribution is 2.36. The normalized spacial score (nSPS) is 11.9. The predicted molar refractivity (Wildman–Crippen MR) is 75.6 cm³/mol. The van der Waals surface area contributed by atoms with E-state index in [0.717, 1.165) is 14.7 Å². The standard InChI is InChI=1S/C12H8BrCl2F3N2/c1-6-4-7(13)2-3-9(6)20-11(15)8(5-14)10(19-20)12(16,17)18/h2-4H,5H2,1H3. The van der Waals surface area contributed by atoms with Crippen LogP contribution in [0.4, 0.5) is 13.2 Å². The van der Waals surface area contributed by atoms with Crippen LogP contribution in [-0.2, 0) is 12.1 Å². The average Bonchev–Trinajstić information content (AvgIpc) is 2.66. The maximum atomic E-state index is 12.9. The Morgan fingerprint density at radius 2 is 2.00 bits per heavy atom. The van der Waals surface area contributed by atoms with Crippen molar-refractivity contribution >= 4 is 39.1 Å². The molecule has 0 amide bonds. The molecule has 1 aromatic carbocycles. The van der Waals surface area contributed by atoms with Crippen LogP contribution < -0.4 is 0 Å². The molecular formula is C12H8BrCl2F3N2. The maximum absolute atomic E-state index is 12.9. The number of alkyl halides is 4. The SMILES string of the molecule is Cc1cc(Br)ccc1-n1nc(C(F)(F)F)c(CCl)c1Cl. The van der Waals surface area contributed by atoms with E-state index in [1.54, 1.807) is 25.1 Å². The third kappa shape index (κ3) is 2.82. The van der Waals surface area contributed by atoms with Gasteiger partial charge >= 0.3 is 6.18 Å². The summed E-state index contributed by atoms with van der Waals surface area (Å²) in [4.78, 5) is 0. The van der Waals surface area contributed by atoms with Crippen molar-refractivity contribution in [2.24, 2.45) is 0 Å². The highest BCUT2D eigenvalue weighted by Gasteiger charge is 2.39. The third-order valence-corrected chi connectivity index (χ3v) is 3.86. The molecule has 108 valence electrons. The molecule has 8 heteroatoms. The summed E-state index contributed by atoms with van der Waals surface area (Å²) in [6.45, 7) is 1.76. The van der Waals surface area contributed by atoms with Crippen LogP contribution in [0.25, 0.3) is 5.69 Å². The first kappa shape index (κ1) is 15.7. The number of hydrogen-bond donors (Lipinski definition) is 0. The molecule has 0 atom stereocenters. The predicted octanol–water partition coefficient (Wildman–Crippen LogP) is 5.35. The third-order valence-electron chi connectivity index (χ3n) is 2.71. The van der Waals surface area contributed by atoms with E-state index in [1.807, 2.05) is 0 Å². The molecule has 0 fully saturated rings. The number of nitrogens with zero attached hydrogens (tertiary/aromatic N) is 2. The van der Waals surface area contributed by atoms with Crippen LogP contribution in [-0.4, -0.2) is 9.78 Å². The van der Waals surface area contributed by atoms with Crippen LogP contribution in [0.2, 0.25) is 5.15 Å². The molecule has 0 N–H and O–H groups in total. The topological polar surface area (TPSA) is 17.8 Å². The Bertz CT molecular complexity index is 653. The zero-order valence-electron chi connectivity index (χ0n) is 10.1. The zero-order chi connectivity index (χ0) is 15.1. The van der Waals surface area contributed by atoms with Crippen molar-refractivity contribution in [2.45, 2.75) is 19.0 Å². The molecular weight excluding hydrogens is 380 g/mol. The lowest BCUT2D eigenvalue weighted by molar-refractivity contribution is -0.141. The first-order valence-electron chi connectivity index (χ1n) is 5.42. The van der Waals surface area contributed by atoms with E-state index in [4.69, 9.17) is 23.2 Å². The number of benzene rings is 1. The molecule has 1 aromatic heterocycles. The summed E-state index contributed by atoms with van der Waals surface area (Å²) in [5.41, 5.74) is -0.0679. The summed E-state index contributed by atoms with van der Waals surface area (Å²) < 4.78 is 40.6. The van der Waals surface area contributed by atoms with Gasteiger partial charge in [-0.05, 0) is 30.7 Å². The molecule has 2 aromatic rings. The number of aromatic nitrogens is 2. The number of rotatable bonds is 2. The smallest absolute Gasteiger partial charge is 0.221 e. The van der Waals surface area contributed by atoms with Gasteiger partial charge in [0.05, 0.1) is 11.6 Å². The Morgan fingerprint density at radius 3 is 2.45 bits per heavy atom. The number of hydrogen-bond acceptors (Lipinski definition) is 1. The van der Waals surface area contributed by atoms with Crippen molar-refractivity contribution in [1.29, 1.82) is 0 Å². The Morgan fingerprint density at radius 1 is 1.35 bits per heavy atom. The maximum Gasteiger partial charge on any atom is 0.435 e. The van der Waals surface area contributed by atoms with Crippen LogP contribution in [0, 0.1) is 6.92 Å². The fourth-order valence-corrected chi connectivity index (χ4v) is 2.87. The van der Waals surface area contributed by atoms with E-state index in [2.05, 4.69) is 21.0 Å². The van der Waals surface area contributed by atoms with Gasteiger partial charge in [0, 0.05) is 10.0 Å². The Labute approximate surface area is 131 Å². The second-order valence-electron chi connectivity index (χ2n) is 4.09. The van der Waals surface area contributed by atoms with Crippen molar-refractivity contribution in [1.82, 2.24) is 9.78 Å². The lowest BCUT2D eigenvalue weighted by atomic mass is 10.2. The van der Waals surface area contributed by atoms with Crippen molar-refractivity contribution in [3.05, 3.63) is 44.6 Å². The highest BCUT2D eigenvalue weighted by molar-refractivity contribution is 9.10. The van der Waals surface area contributed by atoms with E-state index < -0.39 is 11.9 Å². The molecule has 0 saturated heterocycles. The molecule has 0 aliphatic heterocycles. The molecule has 0 aliphatic rings. The minimum atomic E-state index is -4.59. The minimum Gasteiger partial charge on any atom is -0.221 e. The fourth-order valence-electron chi connectivity index (χ4n) is 1.79. The zero-order valence-corrected chi connectivity index (χ0v) is 13.2. The van der Waals surface area contributed by atoms with Crippen molar-refractivity contribution < 1.29 is 13.2 Å². The van der Waals surface area contributed by atoms with Crippen LogP contribution in [0.5, 0.6) is 0 Å². The molecule has 0 unspecified atom stereocenters. The average molecular weight is 388 g/mol. The molecule has 0 radical (unpaired) electrons. The van der Waals surface area contributed by atoms with Gasteiger partial charge in [-0.3, -0.25) is 0 Å². The second kappa shape index (κ2) is 5.58. The molecule has 2 nitrogen and oxygen atoms in total. The summed E-state index contributed by atoms with van der Waals surface area (Å²) in [7, 11) is 0. The van der Waals surface area contributed by atoms with Gasteiger partial charge in [0.1, 0.15) is 5.15 Å². The van der Waals surface area contributed by atoms with E-state index in [-0.39, 0.29) is 16.6 Å². The number of halogens is 6. The van der Waals surface area contributed by atoms with Gasteiger partial charge in [-0.25, -0.2) is 4.68 Å². The van der Waals surface area contributed by atoms with Gasteiger partial charge in [0.25, 0.3) is 0 Å². The first-order chi connectivity index (χ1) is 9.25. The fraction of sp³-hybridized carbons (Fsp3) is 0.250. The monoisotopic (exact) mass is 386 g/mol. The van der Waals surface area contributed by atoms with Gasteiger partial charge in [-0.1, -0.05) is 27.5 Å². The summed E-state index contributed by atoms with van der Waals surface area (Å²) in [6.07, 6.45) is -4.59. The molecule has 20 heavy (non-hydrogen) atoms. The molecule has 0 aliphatic carbocycles. The van der Waals surface area contributed by atoms with Gasteiger partial charge in [-0.2, -0.15) is 18.3 Å². The van der Waals surface area contributed by atoms with Gasteiger partial charge < -0.3 is 0 Å². The lowest BCUT2D eigenvalue weighted by Crippen LogP contribution is -2.09. The van der Waals surface area contributed by atoms with Crippen LogP contribution in [0.3, 0.4) is 0 Å². The first-order valence-corrected chi connectivity index (χ1v) is 7.13. The largest absolute Gasteiger partial charge is 0.435 e. The molecule has 0 bridgehead atoms. The van der Waals surface area contributed by atoms with Crippen LogP contribution >= 0.6 is 39.1 Å². The van der Waals surface area contributed by atoms with Gasteiger partial charge in [-0.15, -0.1) is 11.6 Å². The van der Waals surface area contributed by atoms with Crippen molar-refractivity contribution in [3.63, 3.8) is 0 Å². The molecule has 0 spiro atoms. The Balaban J connectivity index is 2.67. The molecule has 0 saturated carbocycles. The Kier molecular flexibility index (Phi) is 4.37. The summed E-state index contributed by atoms with van der Waals surface area (Å²) >= 11 is 14.8. The Hall–Kier alpha value is -0.720. The van der Waals surface area contributed by atoms with E-state index in [0.29, 0.717) is 5.69 Å². The summed E-state index contributed by atoms with van der Waals surface area (Å²) in [6, 6.07) is 5.10. The van der Waals surface area contributed by atoms with Gasteiger partial charge in [0.2, 0.25) is 0 Å². The van der Waals surface area contributed by atoms with E-state index in [1.165, 1.54) is 0 Å². The van der Waals surface area contributed by atoms with Crippen molar-refractivity contribution in [2.75, 3.05) is 0 Å². The molecule has 2 rings (SSSR count). The number of aryl methyl sites for hydroxylation is 1. The van der Waals surface area contributed by atoms with Gasteiger partial charge in [0.15, 0.2) is 5.69 Å². The summed E-state index contributed by atoms with van der Waals surface area (Å²) in [5.74, 6) is -0.358.